The summed E-state index contributed by atoms with van der Waals surface area (Å²) in [5.41, 5.74) is 0.114. The number of rotatable bonds is 11. The fourth-order valence-electron chi connectivity index (χ4n) is 2.37. The number of carbonyl (C=O) groups excluding carboxylic acids is 1. The molecule has 0 radical (unpaired) electrons. The number of hydrogen-bond acceptors (Lipinski definition) is 4. The fourth-order valence-corrected chi connectivity index (χ4v) is 3.77. The van der Waals surface area contributed by atoms with Crippen molar-refractivity contribution < 1.29 is 9.53 Å². The van der Waals surface area contributed by atoms with E-state index in [1.807, 2.05) is 4.90 Å². The van der Waals surface area contributed by atoms with Crippen molar-refractivity contribution in [2.45, 2.75) is 33.6 Å². The molecule has 0 aromatic carbocycles. The van der Waals surface area contributed by atoms with Crippen molar-refractivity contribution in [3.8, 4) is 0 Å². The van der Waals surface area contributed by atoms with Crippen molar-refractivity contribution in [2.75, 3.05) is 39.1 Å². The molecule has 2 atom stereocenters. The summed E-state index contributed by atoms with van der Waals surface area (Å²) >= 11 is 18.3. The molecule has 0 saturated carbocycles. The lowest BCUT2D eigenvalue weighted by atomic mass is 9.85. The minimum atomic E-state index is -0.101. The number of nitrogens with one attached hydrogen (secondary N) is 1. The van der Waals surface area contributed by atoms with Crippen LogP contribution in [-0.4, -0.2) is 58.6 Å². The van der Waals surface area contributed by atoms with Gasteiger partial charge < -0.3 is 15.0 Å². The van der Waals surface area contributed by atoms with Crippen LogP contribution in [0.25, 0.3) is 0 Å². The van der Waals surface area contributed by atoms with E-state index in [4.69, 9.17) is 29.2 Å². The van der Waals surface area contributed by atoms with Crippen molar-refractivity contribution >= 4 is 72.9 Å². The van der Waals surface area contributed by atoms with Gasteiger partial charge >= 0.3 is 5.97 Å². The predicted octanol–water partition coefficient (Wildman–Crippen LogP) is 3.60. The maximum Gasteiger partial charge on any atom is 0.309 e. The van der Waals surface area contributed by atoms with E-state index >= 15 is 0 Å². The van der Waals surface area contributed by atoms with Gasteiger partial charge in [0.2, 0.25) is 0 Å². The molecule has 0 saturated heterocycles. The molecule has 4 nitrogen and oxygen atoms in total. The van der Waals surface area contributed by atoms with E-state index in [-0.39, 0.29) is 17.3 Å². The lowest BCUT2D eigenvalue weighted by molar-refractivity contribution is -0.148. The van der Waals surface area contributed by atoms with Gasteiger partial charge in [-0.25, -0.2) is 0 Å². The molecule has 0 aromatic heterocycles. The van der Waals surface area contributed by atoms with Gasteiger partial charge in [-0.05, 0) is 31.1 Å². The summed E-state index contributed by atoms with van der Waals surface area (Å²) in [6, 6.07) is 0. The lowest BCUT2D eigenvalue weighted by Crippen LogP contribution is -2.34. The maximum absolute atomic E-state index is 12.4. The Kier molecular flexibility index (Phi) is 13.7. The van der Waals surface area contributed by atoms with Crippen LogP contribution in [0.1, 0.15) is 33.6 Å². The SMILES string of the molecule is CPCC(CC(C)(C)C)C(=O)OCCN(CCCNC(=S)S)C(=S)S. The van der Waals surface area contributed by atoms with Crippen molar-refractivity contribution in [3.05, 3.63) is 0 Å². The van der Waals surface area contributed by atoms with Crippen LogP contribution in [0.3, 0.4) is 0 Å². The standard InChI is InChI=1S/C16H31N2O2PS4/c1-16(2,3)10-12(11-21-4)13(19)20-9-8-18(15(24)25)7-5-6-17-14(22)23/h12,21H,5-11H2,1-4H3,(H,24,25)(H2,17,22,23). The zero-order chi connectivity index (χ0) is 19.5. The monoisotopic (exact) mass is 442 g/mol. The van der Waals surface area contributed by atoms with Gasteiger partial charge in [-0.3, -0.25) is 4.79 Å². The number of hydrogen-bond donors (Lipinski definition) is 3. The fraction of sp³-hybridized carbons (Fsp3) is 0.812. The molecule has 0 bridgehead atoms. The molecule has 0 rings (SSSR count). The van der Waals surface area contributed by atoms with Crippen molar-refractivity contribution in [1.29, 1.82) is 0 Å². The average Bonchev–Trinajstić information content (AvgIpc) is 2.47. The van der Waals surface area contributed by atoms with Crippen molar-refractivity contribution in [1.82, 2.24) is 10.2 Å². The molecule has 146 valence electrons. The Bertz CT molecular complexity index is 444. The van der Waals surface area contributed by atoms with Crippen LogP contribution in [0.2, 0.25) is 0 Å². The molecule has 25 heavy (non-hydrogen) atoms. The normalized spacial score (nSPS) is 12.9. The number of esters is 1. The second-order valence-corrected chi connectivity index (χ2v) is 10.4. The number of nitrogens with zero attached hydrogens (tertiary/aromatic N) is 1. The third kappa shape index (κ3) is 14.1. The molecule has 1 N–H and O–H groups in total. The molecular weight excluding hydrogens is 411 g/mol. The average molecular weight is 443 g/mol. The number of thiocarbonyl (C=S) groups is 2. The molecule has 0 fully saturated rings. The zero-order valence-electron chi connectivity index (χ0n) is 15.5. The molecule has 0 aliphatic heterocycles. The van der Waals surface area contributed by atoms with Crippen LogP contribution in [0.5, 0.6) is 0 Å². The third-order valence-electron chi connectivity index (χ3n) is 3.40. The van der Waals surface area contributed by atoms with Gasteiger partial charge in [-0.2, -0.15) is 0 Å². The van der Waals surface area contributed by atoms with E-state index in [0.717, 1.165) is 40.7 Å². The molecule has 0 heterocycles. The van der Waals surface area contributed by atoms with E-state index in [0.29, 0.717) is 21.8 Å². The highest BCUT2D eigenvalue weighted by Gasteiger charge is 2.25. The maximum atomic E-state index is 12.4. The van der Waals surface area contributed by atoms with Crippen molar-refractivity contribution in [3.63, 3.8) is 0 Å². The lowest BCUT2D eigenvalue weighted by Gasteiger charge is -2.26. The number of thiol groups is 2. The van der Waals surface area contributed by atoms with Crippen LogP contribution in [0, 0.1) is 11.3 Å². The first-order valence-corrected chi connectivity index (χ1v) is 11.7. The third-order valence-corrected chi connectivity index (χ3v) is 5.14. The van der Waals surface area contributed by atoms with Gasteiger partial charge in [0.15, 0.2) is 0 Å². The predicted molar refractivity (Wildman–Crippen MR) is 125 cm³/mol. The Morgan fingerprint density at radius 1 is 1.28 bits per heavy atom. The summed E-state index contributed by atoms with van der Waals surface area (Å²) in [6.45, 7) is 10.9. The van der Waals surface area contributed by atoms with Gasteiger partial charge in [-0.15, -0.1) is 33.8 Å². The van der Waals surface area contributed by atoms with Gasteiger partial charge in [-0.1, -0.05) is 45.2 Å². The second kappa shape index (κ2) is 13.5. The molecule has 0 aromatic rings. The van der Waals surface area contributed by atoms with E-state index < -0.39 is 0 Å². The second-order valence-electron chi connectivity index (χ2n) is 7.04. The Hall–Kier alpha value is 0.380. The van der Waals surface area contributed by atoms with Crippen molar-refractivity contribution in [2.24, 2.45) is 11.3 Å². The largest absolute Gasteiger partial charge is 0.464 e. The van der Waals surface area contributed by atoms with E-state index in [1.165, 1.54) is 0 Å². The summed E-state index contributed by atoms with van der Waals surface area (Å²) in [5.74, 6) is -0.128. The molecular formula is C16H31N2O2PS4. The van der Waals surface area contributed by atoms with E-state index in [2.05, 4.69) is 58.0 Å². The summed E-state index contributed by atoms with van der Waals surface area (Å²) in [5, 5.41) is 2.98. The number of carbonyl (C=O) groups is 1. The Morgan fingerprint density at radius 2 is 1.92 bits per heavy atom. The molecule has 0 aliphatic rings. The molecule has 2 unspecified atom stereocenters. The highest BCUT2D eigenvalue weighted by Crippen LogP contribution is 2.28. The van der Waals surface area contributed by atoms with E-state index in [1.54, 1.807) is 0 Å². The topological polar surface area (TPSA) is 41.6 Å². The first kappa shape index (κ1) is 25.4. The zero-order valence-corrected chi connectivity index (χ0v) is 19.9. The van der Waals surface area contributed by atoms with Gasteiger partial charge in [0, 0.05) is 13.1 Å². The smallest absolute Gasteiger partial charge is 0.309 e. The molecule has 0 amide bonds. The van der Waals surface area contributed by atoms with Crippen LogP contribution in [-0.2, 0) is 9.53 Å². The first-order valence-electron chi connectivity index (χ1n) is 8.32. The van der Waals surface area contributed by atoms with Gasteiger partial charge in [0.1, 0.15) is 15.2 Å². The molecule has 0 spiro atoms. The molecule has 9 heteroatoms. The van der Waals surface area contributed by atoms with Gasteiger partial charge in [0.25, 0.3) is 0 Å². The minimum Gasteiger partial charge on any atom is -0.464 e. The Balaban J connectivity index is 4.33. The van der Waals surface area contributed by atoms with E-state index in [9.17, 15) is 4.79 Å². The minimum absolute atomic E-state index is 0.0275. The first-order chi connectivity index (χ1) is 11.6. The number of ether oxygens (including phenoxy) is 1. The highest BCUT2D eigenvalue weighted by atomic mass is 32.1. The highest BCUT2D eigenvalue weighted by molar-refractivity contribution is 8.11. The van der Waals surface area contributed by atoms with Crippen LogP contribution < -0.4 is 5.32 Å². The Labute approximate surface area is 176 Å². The molecule has 0 aliphatic carbocycles. The quantitative estimate of drug-likeness (QED) is 0.149. The Morgan fingerprint density at radius 3 is 2.40 bits per heavy atom. The van der Waals surface area contributed by atoms with Crippen LogP contribution in [0.15, 0.2) is 0 Å². The van der Waals surface area contributed by atoms with Crippen LogP contribution in [0.4, 0.5) is 0 Å². The summed E-state index contributed by atoms with van der Waals surface area (Å²) < 4.78 is 6.50. The summed E-state index contributed by atoms with van der Waals surface area (Å²) in [4.78, 5) is 14.3. The van der Waals surface area contributed by atoms with Crippen LogP contribution >= 0.6 is 58.3 Å². The van der Waals surface area contributed by atoms with Gasteiger partial charge in [0.05, 0.1) is 12.5 Å². The summed E-state index contributed by atoms with van der Waals surface area (Å²) in [7, 11) is 0.743. The summed E-state index contributed by atoms with van der Waals surface area (Å²) in [6.07, 6.45) is 2.58.